The van der Waals surface area contributed by atoms with Crippen molar-refractivity contribution in [2.75, 3.05) is 40.0 Å². The Labute approximate surface area is 172 Å². The van der Waals surface area contributed by atoms with Crippen LogP contribution in [0.4, 0.5) is 0 Å². The van der Waals surface area contributed by atoms with Crippen molar-refractivity contribution in [3.63, 3.8) is 0 Å². The highest BCUT2D eigenvalue weighted by atomic mass is 32.2. The van der Waals surface area contributed by atoms with E-state index < -0.39 is 10.0 Å². The van der Waals surface area contributed by atoms with Crippen LogP contribution < -0.4 is 9.46 Å². The van der Waals surface area contributed by atoms with E-state index in [0.717, 1.165) is 37.6 Å². The van der Waals surface area contributed by atoms with Crippen LogP contribution in [-0.2, 0) is 14.8 Å². The van der Waals surface area contributed by atoms with E-state index >= 15 is 0 Å². The summed E-state index contributed by atoms with van der Waals surface area (Å²) in [5, 5.41) is 3.96. The first kappa shape index (κ1) is 21.8. The molecule has 0 aliphatic carbocycles. The predicted molar refractivity (Wildman–Crippen MR) is 110 cm³/mol. The van der Waals surface area contributed by atoms with Gasteiger partial charge < -0.3 is 14.0 Å². The Morgan fingerprint density at radius 2 is 2.00 bits per heavy atom. The van der Waals surface area contributed by atoms with Crippen molar-refractivity contribution in [2.45, 2.75) is 38.1 Å². The van der Waals surface area contributed by atoms with Crippen LogP contribution in [0.15, 0.2) is 27.6 Å². The van der Waals surface area contributed by atoms with Gasteiger partial charge in [0.25, 0.3) is 0 Å². The molecule has 0 radical (unpaired) electrons. The van der Waals surface area contributed by atoms with Crippen LogP contribution in [0.2, 0.25) is 0 Å². The summed E-state index contributed by atoms with van der Waals surface area (Å²) in [6.07, 6.45) is 0.710. The molecule has 160 valence electrons. The first-order valence-corrected chi connectivity index (χ1v) is 11.2. The Bertz CT molecular complexity index is 936. The molecule has 9 heteroatoms. The van der Waals surface area contributed by atoms with Gasteiger partial charge in [-0.15, -0.1) is 0 Å². The van der Waals surface area contributed by atoms with Crippen molar-refractivity contribution in [2.24, 2.45) is 0 Å². The zero-order chi connectivity index (χ0) is 21.0. The zero-order valence-corrected chi connectivity index (χ0v) is 18.2. The summed E-state index contributed by atoms with van der Waals surface area (Å²) in [5.74, 6) is 0.846. The summed E-state index contributed by atoms with van der Waals surface area (Å²) >= 11 is 0. The van der Waals surface area contributed by atoms with E-state index in [1.165, 1.54) is 7.11 Å². The number of hydrogen-bond acceptors (Lipinski definition) is 7. The first-order valence-electron chi connectivity index (χ1n) is 9.76. The maximum absolute atomic E-state index is 13.0. The number of nitrogens with one attached hydrogen (secondary N) is 1. The van der Waals surface area contributed by atoms with E-state index in [1.807, 2.05) is 13.8 Å². The van der Waals surface area contributed by atoms with Crippen LogP contribution >= 0.6 is 0 Å². The fourth-order valence-corrected chi connectivity index (χ4v) is 4.63. The second-order valence-corrected chi connectivity index (χ2v) is 9.01. The minimum atomic E-state index is -3.75. The zero-order valence-electron chi connectivity index (χ0n) is 17.4. The molecule has 0 bridgehead atoms. The van der Waals surface area contributed by atoms with Gasteiger partial charge in [0.1, 0.15) is 10.6 Å². The molecule has 1 aliphatic heterocycles. The number of hydrogen-bond donors (Lipinski definition) is 1. The third-order valence-corrected chi connectivity index (χ3v) is 6.88. The molecule has 0 saturated carbocycles. The third kappa shape index (κ3) is 4.98. The average molecular weight is 424 g/mol. The molecule has 2 aromatic rings. The van der Waals surface area contributed by atoms with Crippen LogP contribution in [-0.4, -0.2) is 64.5 Å². The molecule has 2 heterocycles. The standard InChI is InChI=1S/C20H29N3O5S/c1-14(23-9-11-27-12-10-23)7-8-21-29(24,25)19-13-17(5-6-18(19)26-4)20-15(2)16(3)22-28-20/h5-6,13-14,21H,7-12H2,1-4H3. The molecule has 0 spiro atoms. The molecule has 0 amide bonds. The SMILES string of the molecule is COc1ccc(-c2onc(C)c2C)cc1S(=O)(=O)NCCC(C)N1CCOCC1. The molecule has 1 atom stereocenters. The average Bonchev–Trinajstić information content (AvgIpc) is 3.06. The number of sulfonamides is 1. The van der Waals surface area contributed by atoms with Gasteiger partial charge in [-0.1, -0.05) is 5.16 Å². The van der Waals surface area contributed by atoms with E-state index in [1.54, 1.807) is 18.2 Å². The smallest absolute Gasteiger partial charge is 0.244 e. The van der Waals surface area contributed by atoms with Gasteiger partial charge in [0.2, 0.25) is 10.0 Å². The highest BCUT2D eigenvalue weighted by molar-refractivity contribution is 7.89. The van der Waals surface area contributed by atoms with Crippen molar-refractivity contribution in [1.82, 2.24) is 14.8 Å². The summed E-state index contributed by atoms with van der Waals surface area (Å²) in [6, 6.07) is 5.25. The fraction of sp³-hybridized carbons (Fsp3) is 0.550. The predicted octanol–water partition coefficient (Wildman–Crippen LogP) is 2.36. The molecular formula is C20H29N3O5S. The quantitative estimate of drug-likeness (QED) is 0.696. The van der Waals surface area contributed by atoms with Gasteiger partial charge >= 0.3 is 0 Å². The number of morpholine rings is 1. The summed E-state index contributed by atoms with van der Waals surface area (Å²) in [4.78, 5) is 2.40. The molecule has 1 N–H and O–H groups in total. The van der Waals surface area contributed by atoms with E-state index in [-0.39, 0.29) is 16.7 Å². The Hall–Kier alpha value is -1.94. The molecular weight excluding hydrogens is 394 g/mol. The molecule has 29 heavy (non-hydrogen) atoms. The van der Waals surface area contributed by atoms with Gasteiger partial charge in [-0.3, -0.25) is 4.90 Å². The Balaban J connectivity index is 1.74. The van der Waals surface area contributed by atoms with Crippen molar-refractivity contribution >= 4 is 10.0 Å². The van der Waals surface area contributed by atoms with Gasteiger partial charge in [-0.25, -0.2) is 13.1 Å². The van der Waals surface area contributed by atoms with Crippen LogP contribution in [0.3, 0.4) is 0 Å². The molecule has 1 aromatic carbocycles. The molecule has 1 aromatic heterocycles. The summed E-state index contributed by atoms with van der Waals surface area (Å²) in [6.45, 7) is 9.39. The number of nitrogens with zero attached hydrogens (tertiary/aromatic N) is 2. The largest absolute Gasteiger partial charge is 0.495 e. The summed E-state index contributed by atoms with van der Waals surface area (Å²) in [5.41, 5.74) is 2.30. The maximum Gasteiger partial charge on any atom is 0.244 e. The highest BCUT2D eigenvalue weighted by Crippen LogP contribution is 2.32. The number of benzene rings is 1. The first-order chi connectivity index (χ1) is 13.8. The molecule has 1 unspecified atom stereocenters. The van der Waals surface area contributed by atoms with Gasteiger partial charge in [0, 0.05) is 36.8 Å². The number of aryl methyl sites for hydroxylation is 1. The Morgan fingerprint density at radius 1 is 1.28 bits per heavy atom. The maximum atomic E-state index is 13.0. The number of aromatic nitrogens is 1. The lowest BCUT2D eigenvalue weighted by Crippen LogP contribution is -2.43. The second kappa shape index (κ2) is 9.25. The van der Waals surface area contributed by atoms with Gasteiger partial charge in [-0.05, 0) is 45.4 Å². The molecule has 1 saturated heterocycles. The van der Waals surface area contributed by atoms with Crippen LogP contribution in [0.1, 0.15) is 24.6 Å². The topological polar surface area (TPSA) is 93.9 Å². The van der Waals surface area contributed by atoms with Gasteiger partial charge in [-0.2, -0.15) is 0 Å². The van der Waals surface area contributed by atoms with E-state index in [2.05, 4.69) is 21.7 Å². The van der Waals surface area contributed by atoms with Crippen LogP contribution in [0, 0.1) is 13.8 Å². The summed E-state index contributed by atoms with van der Waals surface area (Å²) in [7, 11) is -2.29. The van der Waals surface area contributed by atoms with E-state index in [9.17, 15) is 8.42 Å². The number of ether oxygens (including phenoxy) is 2. The molecule has 3 rings (SSSR count). The minimum absolute atomic E-state index is 0.0879. The lowest BCUT2D eigenvalue weighted by atomic mass is 10.1. The van der Waals surface area contributed by atoms with Crippen molar-refractivity contribution in [1.29, 1.82) is 0 Å². The lowest BCUT2D eigenvalue weighted by Gasteiger charge is -2.32. The molecule has 1 aliphatic rings. The van der Waals surface area contributed by atoms with E-state index in [0.29, 0.717) is 24.3 Å². The number of rotatable bonds is 8. The Kier molecular flexibility index (Phi) is 6.94. The monoisotopic (exact) mass is 423 g/mol. The lowest BCUT2D eigenvalue weighted by molar-refractivity contribution is 0.0190. The normalized spacial score (nSPS) is 16.7. The van der Waals surface area contributed by atoms with Crippen LogP contribution in [0.5, 0.6) is 5.75 Å². The third-order valence-electron chi connectivity index (χ3n) is 5.40. The van der Waals surface area contributed by atoms with E-state index in [4.69, 9.17) is 14.0 Å². The van der Waals surface area contributed by atoms with Crippen molar-refractivity contribution < 1.29 is 22.4 Å². The molecule has 1 fully saturated rings. The summed E-state index contributed by atoms with van der Waals surface area (Å²) < 4.78 is 44.7. The molecule has 8 nitrogen and oxygen atoms in total. The van der Waals surface area contributed by atoms with Crippen molar-refractivity contribution in [3.05, 3.63) is 29.5 Å². The minimum Gasteiger partial charge on any atom is -0.495 e. The fourth-order valence-electron chi connectivity index (χ4n) is 3.39. The Morgan fingerprint density at radius 3 is 2.62 bits per heavy atom. The highest BCUT2D eigenvalue weighted by Gasteiger charge is 2.23. The second-order valence-electron chi connectivity index (χ2n) is 7.27. The number of methoxy groups -OCH3 is 1. The van der Waals surface area contributed by atoms with Gasteiger partial charge in [0.05, 0.1) is 26.0 Å². The van der Waals surface area contributed by atoms with Gasteiger partial charge in [0.15, 0.2) is 5.76 Å². The van der Waals surface area contributed by atoms with Crippen molar-refractivity contribution in [3.8, 4) is 17.1 Å². The van der Waals surface area contributed by atoms with Crippen LogP contribution in [0.25, 0.3) is 11.3 Å².